The minimum absolute atomic E-state index is 0.152. The first kappa shape index (κ1) is 16.1. The lowest BCUT2D eigenvalue weighted by Crippen LogP contribution is -2.27. The molecular formula is C18H16N2O3S. The Morgan fingerprint density at radius 3 is 2.62 bits per heavy atom. The van der Waals surface area contributed by atoms with Crippen LogP contribution in [0.4, 0.5) is 0 Å². The summed E-state index contributed by atoms with van der Waals surface area (Å²) in [6.07, 6.45) is -0.152. The molecule has 3 aromatic rings. The number of fused-ring (bicyclic) bond motifs is 1. The van der Waals surface area contributed by atoms with E-state index in [1.54, 1.807) is 11.3 Å². The summed E-state index contributed by atoms with van der Waals surface area (Å²) in [7, 11) is 0. The van der Waals surface area contributed by atoms with Crippen LogP contribution in [0.3, 0.4) is 0 Å². The number of carbonyl (C=O) groups excluding carboxylic acids is 1. The van der Waals surface area contributed by atoms with Gasteiger partial charge >= 0.3 is 5.97 Å². The molecule has 1 atom stereocenters. The van der Waals surface area contributed by atoms with Crippen molar-refractivity contribution in [2.45, 2.75) is 19.4 Å². The summed E-state index contributed by atoms with van der Waals surface area (Å²) in [5, 5.41) is 11.7. The lowest BCUT2D eigenvalue weighted by molar-refractivity contribution is -0.137. The molecule has 1 heterocycles. The van der Waals surface area contributed by atoms with Gasteiger partial charge in [0.25, 0.3) is 0 Å². The van der Waals surface area contributed by atoms with Gasteiger partial charge < -0.3 is 10.4 Å². The highest BCUT2D eigenvalue weighted by Gasteiger charge is 2.17. The number of nitrogens with zero attached hydrogens (tertiary/aromatic N) is 1. The second-order valence-electron chi connectivity index (χ2n) is 5.48. The van der Waals surface area contributed by atoms with Gasteiger partial charge in [0.1, 0.15) is 0 Å². The Bertz CT molecular complexity index is 871. The van der Waals surface area contributed by atoms with Crippen molar-refractivity contribution in [1.29, 1.82) is 0 Å². The van der Waals surface area contributed by atoms with Crippen LogP contribution in [0.2, 0.25) is 0 Å². The summed E-state index contributed by atoms with van der Waals surface area (Å²) in [6, 6.07) is 13.1. The minimum Gasteiger partial charge on any atom is -0.481 e. The lowest BCUT2D eigenvalue weighted by Gasteiger charge is -2.16. The van der Waals surface area contributed by atoms with E-state index in [-0.39, 0.29) is 12.3 Å². The predicted octanol–water partition coefficient (Wildman–Crippen LogP) is 3.62. The standard InChI is InChI=1S/C18H16N2O3S/c1-11(21)20-15(9-17(22)23)13-7-5-12(6-8-13)14-3-2-4-16-18(14)19-10-24-16/h2-8,10,15H,9H2,1H3,(H,20,21)(H,22,23). The van der Waals surface area contributed by atoms with Crippen LogP contribution in [0.25, 0.3) is 21.3 Å². The Hall–Kier alpha value is -2.73. The summed E-state index contributed by atoms with van der Waals surface area (Å²) in [5.41, 5.74) is 5.59. The number of para-hydroxylation sites is 1. The quantitative estimate of drug-likeness (QED) is 0.743. The molecular weight excluding hydrogens is 324 g/mol. The van der Waals surface area contributed by atoms with Crippen LogP contribution in [0.15, 0.2) is 48.0 Å². The summed E-state index contributed by atoms with van der Waals surface area (Å²) in [4.78, 5) is 26.7. The third kappa shape index (κ3) is 3.44. The Labute approximate surface area is 143 Å². The fourth-order valence-corrected chi connectivity index (χ4v) is 3.39. The van der Waals surface area contributed by atoms with E-state index >= 15 is 0 Å². The number of aliphatic carboxylic acids is 1. The Morgan fingerprint density at radius 1 is 1.21 bits per heavy atom. The average molecular weight is 340 g/mol. The van der Waals surface area contributed by atoms with Gasteiger partial charge in [-0.1, -0.05) is 36.4 Å². The molecule has 1 unspecified atom stereocenters. The zero-order valence-corrected chi connectivity index (χ0v) is 13.8. The number of amides is 1. The van der Waals surface area contributed by atoms with Crippen molar-refractivity contribution in [3.63, 3.8) is 0 Å². The maximum atomic E-state index is 11.3. The van der Waals surface area contributed by atoms with Crippen molar-refractivity contribution in [1.82, 2.24) is 10.3 Å². The van der Waals surface area contributed by atoms with Crippen molar-refractivity contribution >= 4 is 33.4 Å². The fourth-order valence-electron chi connectivity index (χ4n) is 2.69. The smallest absolute Gasteiger partial charge is 0.305 e. The maximum Gasteiger partial charge on any atom is 0.305 e. The van der Waals surface area contributed by atoms with E-state index < -0.39 is 12.0 Å². The number of nitrogens with one attached hydrogen (secondary N) is 1. The molecule has 2 aromatic carbocycles. The predicted molar refractivity (Wildman–Crippen MR) is 93.9 cm³/mol. The fraction of sp³-hybridized carbons (Fsp3) is 0.167. The number of carbonyl (C=O) groups is 2. The molecule has 0 saturated carbocycles. The van der Waals surface area contributed by atoms with Crippen molar-refractivity contribution < 1.29 is 14.7 Å². The van der Waals surface area contributed by atoms with Crippen molar-refractivity contribution in [2.75, 3.05) is 0 Å². The van der Waals surface area contributed by atoms with Crippen molar-refractivity contribution in [2.24, 2.45) is 0 Å². The van der Waals surface area contributed by atoms with E-state index in [9.17, 15) is 9.59 Å². The molecule has 5 nitrogen and oxygen atoms in total. The molecule has 2 N–H and O–H groups in total. The number of hydrogen-bond donors (Lipinski definition) is 2. The number of carboxylic acids is 1. The van der Waals surface area contributed by atoms with E-state index in [0.717, 1.165) is 26.9 Å². The molecule has 24 heavy (non-hydrogen) atoms. The summed E-state index contributed by atoms with van der Waals surface area (Å²) >= 11 is 1.59. The number of hydrogen-bond acceptors (Lipinski definition) is 4. The number of benzene rings is 2. The molecule has 3 rings (SSSR count). The first-order chi connectivity index (χ1) is 11.5. The third-order valence-corrected chi connectivity index (χ3v) is 4.53. The van der Waals surface area contributed by atoms with Gasteiger partial charge in [-0.15, -0.1) is 11.3 Å². The molecule has 0 aliphatic rings. The topological polar surface area (TPSA) is 79.3 Å². The molecule has 0 bridgehead atoms. The van der Waals surface area contributed by atoms with Crippen LogP contribution in [0.5, 0.6) is 0 Å². The Balaban J connectivity index is 1.93. The summed E-state index contributed by atoms with van der Waals surface area (Å²) in [5.74, 6) is -1.21. The molecule has 0 aliphatic heterocycles. The van der Waals surface area contributed by atoms with Crippen LogP contribution >= 0.6 is 11.3 Å². The molecule has 6 heteroatoms. The van der Waals surface area contributed by atoms with Crippen LogP contribution in [0, 0.1) is 0 Å². The maximum absolute atomic E-state index is 11.3. The number of aromatic nitrogens is 1. The van der Waals surface area contributed by atoms with Crippen molar-refractivity contribution in [3.05, 3.63) is 53.5 Å². The van der Waals surface area contributed by atoms with E-state index in [1.807, 2.05) is 48.0 Å². The average Bonchev–Trinajstić information content (AvgIpc) is 3.02. The van der Waals surface area contributed by atoms with Gasteiger partial charge in [-0.25, -0.2) is 4.98 Å². The monoisotopic (exact) mass is 340 g/mol. The highest BCUT2D eigenvalue weighted by atomic mass is 32.1. The van der Waals surface area contributed by atoms with Gasteiger partial charge in [0, 0.05) is 12.5 Å². The molecule has 1 aromatic heterocycles. The highest BCUT2D eigenvalue weighted by molar-refractivity contribution is 7.16. The second kappa shape index (κ2) is 6.80. The van der Waals surface area contributed by atoms with Gasteiger partial charge in [-0.3, -0.25) is 9.59 Å². The SMILES string of the molecule is CC(=O)NC(CC(=O)O)c1ccc(-c2cccc3scnc23)cc1. The molecule has 122 valence electrons. The molecule has 0 radical (unpaired) electrons. The summed E-state index contributed by atoms with van der Waals surface area (Å²) < 4.78 is 1.12. The Morgan fingerprint density at radius 2 is 1.96 bits per heavy atom. The van der Waals surface area contributed by atoms with E-state index in [0.29, 0.717) is 0 Å². The minimum atomic E-state index is -0.954. The first-order valence-corrected chi connectivity index (χ1v) is 8.34. The normalized spacial score (nSPS) is 12.0. The summed E-state index contributed by atoms with van der Waals surface area (Å²) in [6.45, 7) is 1.38. The third-order valence-electron chi connectivity index (χ3n) is 3.74. The van der Waals surface area contributed by atoms with E-state index in [4.69, 9.17) is 5.11 Å². The molecule has 0 aliphatic carbocycles. The lowest BCUT2D eigenvalue weighted by atomic mass is 9.98. The molecule has 0 spiro atoms. The van der Waals surface area contributed by atoms with Gasteiger partial charge in [-0.2, -0.15) is 0 Å². The van der Waals surface area contributed by atoms with Gasteiger partial charge in [0.2, 0.25) is 5.91 Å². The van der Waals surface area contributed by atoms with Crippen LogP contribution in [-0.4, -0.2) is 22.0 Å². The first-order valence-electron chi connectivity index (χ1n) is 7.46. The highest BCUT2D eigenvalue weighted by Crippen LogP contribution is 2.30. The van der Waals surface area contributed by atoms with Gasteiger partial charge in [-0.05, 0) is 17.2 Å². The van der Waals surface area contributed by atoms with Crippen LogP contribution in [-0.2, 0) is 9.59 Å². The van der Waals surface area contributed by atoms with Crippen LogP contribution in [0.1, 0.15) is 24.9 Å². The van der Waals surface area contributed by atoms with E-state index in [2.05, 4.69) is 10.3 Å². The zero-order valence-electron chi connectivity index (χ0n) is 13.0. The van der Waals surface area contributed by atoms with Crippen LogP contribution < -0.4 is 5.32 Å². The number of thiazole rings is 1. The molecule has 0 fully saturated rings. The largest absolute Gasteiger partial charge is 0.481 e. The van der Waals surface area contributed by atoms with Gasteiger partial charge in [0.15, 0.2) is 0 Å². The Kier molecular flexibility index (Phi) is 4.57. The van der Waals surface area contributed by atoms with E-state index in [1.165, 1.54) is 6.92 Å². The zero-order chi connectivity index (χ0) is 17.1. The number of rotatable bonds is 5. The number of carboxylic acid groups (broad SMARTS) is 1. The molecule has 1 amide bonds. The van der Waals surface area contributed by atoms with Gasteiger partial charge in [0.05, 0.1) is 28.2 Å². The molecule has 0 saturated heterocycles. The second-order valence-corrected chi connectivity index (χ2v) is 6.36. The van der Waals surface area contributed by atoms with Crippen molar-refractivity contribution in [3.8, 4) is 11.1 Å².